The molecule has 1 aliphatic rings. The maximum Gasteiger partial charge on any atom is 0.00698 e. The van der Waals surface area contributed by atoms with Gasteiger partial charge in [0.2, 0.25) is 0 Å². The summed E-state index contributed by atoms with van der Waals surface area (Å²) >= 11 is 0. The van der Waals surface area contributed by atoms with Crippen molar-refractivity contribution in [3.8, 4) is 0 Å². The van der Waals surface area contributed by atoms with Crippen LogP contribution in [0.25, 0.3) is 0 Å². The van der Waals surface area contributed by atoms with Crippen LogP contribution in [0.15, 0.2) is 11.6 Å². The van der Waals surface area contributed by atoms with Crippen molar-refractivity contribution in [3.05, 3.63) is 11.6 Å². The van der Waals surface area contributed by atoms with Gasteiger partial charge in [0.05, 0.1) is 0 Å². The summed E-state index contributed by atoms with van der Waals surface area (Å²) in [4.78, 5) is 2.66. The summed E-state index contributed by atoms with van der Waals surface area (Å²) < 4.78 is 0. The fourth-order valence-corrected chi connectivity index (χ4v) is 2.15. The molecule has 1 aliphatic heterocycles. The molecule has 0 aromatic rings. The number of hydrogen-bond donors (Lipinski definition) is 0. The Morgan fingerprint density at radius 2 is 1.86 bits per heavy atom. The molecule has 0 N–H and O–H groups in total. The zero-order chi connectivity index (χ0) is 10.4. The van der Waals surface area contributed by atoms with Crippen molar-refractivity contribution in [1.82, 2.24) is 4.90 Å². The molecule has 0 unspecified atom stereocenters. The third-order valence-corrected chi connectivity index (χ3v) is 3.15. The van der Waals surface area contributed by atoms with Gasteiger partial charge in [0.1, 0.15) is 0 Å². The SMILES string of the molecule is CC(C)=CCC[C@@H](C)N1CCCCC1. The molecule has 1 nitrogen and oxygen atoms in total. The van der Waals surface area contributed by atoms with Gasteiger partial charge in [0, 0.05) is 6.04 Å². The molecule has 1 atom stereocenters. The van der Waals surface area contributed by atoms with Crippen molar-refractivity contribution < 1.29 is 0 Å². The molecule has 0 saturated carbocycles. The van der Waals surface area contributed by atoms with Gasteiger partial charge in [-0.25, -0.2) is 0 Å². The first-order chi connectivity index (χ1) is 6.70. The van der Waals surface area contributed by atoms with E-state index >= 15 is 0 Å². The van der Waals surface area contributed by atoms with Crippen LogP contribution in [0.5, 0.6) is 0 Å². The minimum absolute atomic E-state index is 0.783. The van der Waals surface area contributed by atoms with Crippen LogP contribution in [0.4, 0.5) is 0 Å². The van der Waals surface area contributed by atoms with E-state index in [0.717, 1.165) is 6.04 Å². The summed E-state index contributed by atoms with van der Waals surface area (Å²) in [5.41, 5.74) is 1.45. The van der Waals surface area contributed by atoms with E-state index in [1.54, 1.807) is 0 Å². The first kappa shape index (κ1) is 11.8. The second-order valence-corrected chi connectivity index (χ2v) is 4.80. The van der Waals surface area contributed by atoms with E-state index in [-0.39, 0.29) is 0 Å². The summed E-state index contributed by atoms with van der Waals surface area (Å²) in [5, 5.41) is 0. The van der Waals surface area contributed by atoms with Crippen LogP contribution in [0, 0.1) is 0 Å². The molecule has 0 radical (unpaired) electrons. The fourth-order valence-electron chi connectivity index (χ4n) is 2.15. The lowest BCUT2D eigenvalue weighted by Crippen LogP contribution is -2.37. The van der Waals surface area contributed by atoms with Gasteiger partial charge in [0.25, 0.3) is 0 Å². The highest BCUT2D eigenvalue weighted by molar-refractivity contribution is 4.93. The highest BCUT2D eigenvalue weighted by Gasteiger charge is 2.15. The topological polar surface area (TPSA) is 3.24 Å². The first-order valence-electron chi connectivity index (χ1n) is 6.07. The van der Waals surface area contributed by atoms with Gasteiger partial charge in [-0.05, 0) is 59.5 Å². The van der Waals surface area contributed by atoms with E-state index in [9.17, 15) is 0 Å². The van der Waals surface area contributed by atoms with Crippen LogP contribution >= 0.6 is 0 Å². The summed E-state index contributed by atoms with van der Waals surface area (Å²) in [7, 11) is 0. The first-order valence-corrected chi connectivity index (χ1v) is 6.07. The lowest BCUT2D eigenvalue weighted by molar-refractivity contribution is 0.167. The molecule has 14 heavy (non-hydrogen) atoms. The average molecular weight is 195 g/mol. The molecular formula is C13H25N. The Hall–Kier alpha value is -0.300. The zero-order valence-corrected chi connectivity index (χ0v) is 10.1. The monoisotopic (exact) mass is 195 g/mol. The number of nitrogens with zero attached hydrogens (tertiary/aromatic N) is 1. The number of hydrogen-bond acceptors (Lipinski definition) is 1. The number of likely N-dealkylation sites (tertiary alicyclic amines) is 1. The minimum atomic E-state index is 0.783. The third-order valence-electron chi connectivity index (χ3n) is 3.15. The average Bonchev–Trinajstić information content (AvgIpc) is 2.18. The Balaban J connectivity index is 2.19. The second kappa shape index (κ2) is 6.23. The number of piperidine rings is 1. The maximum absolute atomic E-state index is 2.66. The number of allylic oxidation sites excluding steroid dienone is 2. The van der Waals surface area contributed by atoms with Gasteiger partial charge in [-0.3, -0.25) is 0 Å². The minimum Gasteiger partial charge on any atom is -0.301 e. The van der Waals surface area contributed by atoms with Crippen molar-refractivity contribution >= 4 is 0 Å². The van der Waals surface area contributed by atoms with E-state index in [2.05, 4.69) is 31.7 Å². The normalized spacial score (nSPS) is 20.5. The van der Waals surface area contributed by atoms with Gasteiger partial charge in [-0.1, -0.05) is 18.1 Å². The van der Waals surface area contributed by atoms with Gasteiger partial charge in [-0.15, -0.1) is 0 Å². The summed E-state index contributed by atoms with van der Waals surface area (Å²) in [6.07, 6.45) is 9.20. The van der Waals surface area contributed by atoms with Gasteiger partial charge in [-0.2, -0.15) is 0 Å². The Kier molecular flexibility index (Phi) is 5.24. The Morgan fingerprint density at radius 3 is 2.43 bits per heavy atom. The lowest BCUT2D eigenvalue weighted by atomic mass is 10.1. The molecule has 1 fully saturated rings. The molecular weight excluding hydrogens is 170 g/mol. The van der Waals surface area contributed by atoms with Crippen molar-refractivity contribution in [1.29, 1.82) is 0 Å². The van der Waals surface area contributed by atoms with Crippen molar-refractivity contribution in [2.24, 2.45) is 0 Å². The Bertz CT molecular complexity index is 174. The van der Waals surface area contributed by atoms with E-state index in [1.807, 2.05) is 0 Å². The van der Waals surface area contributed by atoms with E-state index in [0.29, 0.717) is 0 Å². The molecule has 82 valence electrons. The fraction of sp³-hybridized carbons (Fsp3) is 0.846. The molecule has 1 heterocycles. The highest BCUT2D eigenvalue weighted by atomic mass is 15.1. The van der Waals surface area contributed by atoms with Crippen LogP contribution in [-0.4, -0.2) is 24.0 Å². The van der Waals surface area contributed by atoms with Crippen molar-refractivity contribution in [2.45, 2.75) is 58.9 Å². The second-order valence-electron chi connectivity index (χ2n) is 4.80. The quantitative estimate of drug-likeness (QED) is 0.619. The third kappa shape index (κ3) is 4.28. The molecule has 0 amide bonds. The smallest absolute Gasteiger partial charge is 0.00698 e. The Labute approximate surface area is 89.2 Å². The van der Waals surface area contributed by atoms with Gasteiger partial charge >= 0.3 is 0 Å². The molecule has 0 spiro atoms. The molecule has 0 aromatic heterocycles. The largest absolute Gasteiger partial charge is 0.301 e. The van der Waals surface area contributed by atoms with E-state index < -0.39 is 0 Å². The van der Waals surface area contributed by atoms with Crippen molar-refractivity contribution in [2.75, 3.05) is 13.1 Å². The molecule has 0 bridgehead atoms. The summed E-state index contributed by atoms with van der Waals surface area (Å²) in [6.45, 7) is 9.41. The maximum atomic E-state index is 2.66. The molecule has 0 aliphatic carbocycles. The van der Waals surface area contributed by atoms with Crippen LogP contribution < -0.4 is 0 Å². The van der Waals surface area contributed by atoms with Gasteiger partial charge < -0.3 is 4.90 Å². The predicted octanol–water partition coefficient (Wildman–Crippen LogP) is 3.61. The molecule has 1 saturated heterocycles. The highest BCUT2D eigenvalue weighted by Crippen LogP contribution is 2.15. The standard InChI is InChI=1S/C13H25N/c1-12(2)8-7-9-13(3)14-10-5-4-6-11-14/h8,13H,4-7,9-11H2,1-3H3/t13-/m1/s1. The predicted molar refractivity (Wildman–Crippen MR) is 63.6 cm³/mol. The van der Waals surface area contributed by atoms with E-state index in [4.69, 9.17) is 0 Å². The van der Waals surface area contributed by atoms with Crippen LogP contribution in [0.1, 0.15) is 52.9 Å². The van der Waals surface area contributed by atoms with Crippen molar-refractivity contribution in [3.63, 3.8) is 0 Å². The van der Waals surface area contributed by atoms with Crippen LogP contribution in [0.3, 0.4) is 0 Å². The summed E-state index contributed by atoms with van der Waals surface area (Å²) in [6, 6.07) is 0.783. The molecule has 1 rings (SSSR count). The van der Waals surface area contributed by atoms with Crippen LogP contribution in [-0.2, 0) is 0 Å². The lowest BCUT2D eigenvalue weighted by Gasteiger charge is -2.32. The summed E-state index contributed by atoms with van der Waals surface area (Å²) in [5.74, 6) is 0. The Morgan fingerprint density at radius 1 is 1.21 bits per heavy atom. The number of rotatable bonds is 4. The molecule has 0 aromatic carbocycles. The van der Waals surface area contributed by atoms with Gasteiger partial charge in [0.15, 0.2) is 0 Å². The molecule has 1 heteroatoms. The zero-order valence-electron chi connectivity index (χ0n) is 10.1. The van der Waals surface area contributed by atoms with E-state index in [1.165, 1.54) is 50.8 Å². The van der Waals surface area contributed by atoms with Crippen LogP contribution in [0.2, 0.25) is 0 Å².